The molecule has 106 valence electrons. The molecule has 1 heterocycles. The molecule has 19 heavy (non-hydrogen) atoms. The molecule has 0 amide bonds. The maximum absolute atomic E-state index is 9.56. The fourth-order valence-corrected chi connectivity index (χ4v) is 2.76. The third kappa shape index (κ3) is 3.35. The van der Waals surface area contributed by atoms with E-state index in [1.807, 2.05) is 7.05 Å². The molecular weight excluding hydrogens is 240 g/mol. The maximum Gasteiger partial charge on any atom is 0.134 e. The van der Waals surface area contributed by atoms with Crippen LogP contribution in [0.1, 0.15) is 44.6 Å². The molecule has 5 nitrogen and oxygen atoms in total. The number of hydrogen-bond acceptors (Lipinski definition) is 5. The summed E-state index contributed by atoms with van der Waals surface area (Å²) in [6, 6.07) is 0. The SMILES string of the molecule is CNc1ncnc(NCC2CCC(O)C2)c1C(C)C. The quantitative estimate of drug-likeness (QED) is 0.760. The second kappa shape index (κ2) is 6.19. The summed E-state index contributed by atoms with van der Waals surface area (Å²) in [6.45, 7) is 5.16. The Balaban J connectivity index is 2.07. The number of nitrogens with one attached hydrogen (secondary N) is 2. The third-order valence-electron chi connectivity index (χ3n) is 3.77. The van der Waals surface area contributed by atoms with Gasteiger partial charge in [0.15, 0.2) is 0 Å². The Kier molecular flexibility index (Phi) is 4.58. The van der Waals surface area contributed by atoms with Gasteiger partial charge in [0.2, 0.25) is 0 Å². The van der Waals surface area contributed by atoms with Crippen LogP contribution in [0, 0.1) is 5.92 Å². The van der Waals surface area contributed by atoms with Crippen molar-refractivity contribution in [1.82, 2.24) is 9.97 Å². The second-order valence-electron chi connectivity index (χ2n) is 5.60. The summed E-state index contributed by atoms with van der Waals surface area (Å²) in [5, 5.41) is 16.1. The van der Waals surface area contributed by atoms with Gasteiger partial charge in [-0.25, -0.2) is 9.97 Å². The molecule has 1 saturated carbocycles. The summed E-state index contributed by atoms with van der Waals surface area (Å²) < 4.78 is 0. The number of anilines is 2. The molecule has 2 unspecified atom stereocenters. The standard InChI is InChI=1S/C14H24N4O/c1-9(2)12-13(15-3)17-8-18-14(12)16-7-10-4-5-11(19)6-10/h8-11,19H,4-7H2,1-3H3,(H2,15,16,17,18). The highest BCUT2D eigenvalue weighted by Gasteiger charge is 2.23. The van der Waals surface area contributed by atoms with Gasteiger partial charge < -0.3 is 15.7 Å². The first-order chi connectivity index (χ1) is 9.11. The Morgan fingerprint density at radius 3 is 2.63 bits per heavy atom. The zero-order chi connectivity index (χ0) is 13.8. The molecule has 2 atom stereocenters. The minimum Gasteiger partial charge on any atom is -0.393 e. The Morgan fingerprint density at radius 2 is 2.05 bits per heavy atom. The fourth-order valence-electron chi connectivity index (χ4n) is 2.76. The van der Waals surface area contributed by atoms with Crippen LogP contribution in [0.25, 0.3) is 0 Å². The summed E-state index contributed by atoms with van der Waals surface area (Å²) in [5.41, 5.74) is 1.13. The monoisotopic (exact) mass is 264 g/mol. The van der Waals surface area contributed by atoms with E-state index in [1.54, 1.807) is 6.33 Å². The summed E-state index contributed by atoms with van der Waals surface area (Å²) in [4.78, 5) is 8.63. The minimum absolute atomic E-state index is 0.116. The molecule has 1 aromatic heterocycles. The lowest BCUT2D eigenvalue weighted by atomic mass is 10.0. The van der Waals surface area contributed by atoms with Crippen molar-refractivity contribution in [3.05, 3.63) is 11.9 Å². The van der Waals surface area contributed by atoms with Gasteiger partial charge in [-0.1, -0.05) is 13.8 Å². The molecule has 0 bridgehead atoms. The number of aliphatic hydroxyl groups excluding tert-OH is 1. The summed E-state index contributed by atoms with van der Waals surface area (Å²) in [6.07, 6.45) is 4.39. The van der Waals surface area contributed by atoms with Crippen molar-refractivity contribution in [3.8, 4) is 0 Å². The van der Waals surface area contributed by atoms with Crippen LogP contribution in [0.15, 0.2) is 6.33 Å². The van der Waals surface area contributed by atoms with Crippen LogP contribution in [0.2, 0.25) is 0 Å². The van der Waals surface area contributed by atoms with E-state index in [4.69, 9.17) is 0 Å². The Morgan fingerprint density at radius 1 is 1.32 bits per heavy atom. The first-order valence-corrected chi connectivity index (χ1v) is 7.06. The average molecular weight is 264 g/mol. The lowest BCUT2D eigenvalue weighted by molar-refractivity contribution is 0.178. The predicted octanol–water partition coefficient (Wildman–Crippen LogP) is 2.21. The molecule has 1 fully saturated rings. The van der Waals surface area contributed by atoms with E-state index in [1.165, 1.54) is 0 Å². The van der Waals surface area contributed by atoms with Crippen LogP contribution >= 0.6 is 0 Å². The highest BCUT2D eigenvalue weighted by molar-refractivity contribution is 5.58. The van der Waals surface area contributed by atoms with Gasteiger partial charge in [-0.15, -0.1) is 0 Å². The maximum atomic E-state index is 9.56. The highest BCUT2D eigenvalue weighted by Crippen LogP contribution is 2.30. The van der Waals surface area contributed by atoms with E-state index in [9.17, 15) is 5.11 Å². The Hall–Kier alpha value is -1.36. The molecule has 0 spiro atoms. The van der Waals surface area contributed by atoms with Gasteiger partial charge in [-0.2, -0.15) is 0 Å². The molecule has 1 aliphatic rings. The van der Waals surface area contributed by atoms with Gasteiger partial charge in [-0.3, -0.25) is 0 Å². The first kappa shape index (κ1) is 14.1. The summed E-state index contributed by atoms with van der Waals surface area (Å²) in [7, 11) is 1.88. The predicted molar refractivity (Wildman–Crippen MR) is 77.5 cm³/mol. The Labute approximate surface area is 114 Å². The van der Waals surface area contributed by atoms with Gasteiger partial charge in [0.25, 0.3) is 0 Å². The van der Waals surface area contributed by atoms with Gasteiger partial charge in [0.1, 0.15) is 18.0 Å². The zero-order valence-corrected chi connectivity index (χ0v) is 12.0. The van der Waals surface area contributed by atoms with Crippen molar-refractivity contribution < 1.29 is 5.11 Å². The Bertz CT molecular complexity index is 422. The molecule has 3 N–H and O–H groups in total. The number of aromatic nitrogens is 2. The lowest BCUT2D eigenvalue weighted by Gasteiger charge is -2.18. The largest absolute Gasteiger partial charge is 0.393 e. The number of nitrogens with zero attached hydrogens (tertiary/aromatic N) is 2. The van der Waals surface area contributed by atoms with Crippen LogP contribution in [-0.4, -0.2) is 34.8 Å². The van der Waals surface area contributed by atoms with Crippen LogP contribution in [-0.2, 0) is 0 Å². The normalized spacial score (nSPS) is 22.8. The molecule has 0 aromatic carbocycles. The molecule has 2 rings (SSSR count). The first-order valence-electron chi connectivity index (χ1n) is 7.06. The topological polar surface area (TPSA) is 70.1 Å². The van der Waals surface area contributed by atoms with Crippen molar-refractivity contribution >= 4 is 11.6 Å². The van der Waals surface area contributed by atoms with Crippen LogP contribution in [0.3, 0.4) is 0 Å². The molecule has 5 heteroatoms. The van der Waals surface area contributed by atoms with Crippen molar-refractivity contribution in [2.45, 2.75) is 45.1 Å². The lowest BCUT2D eigenvalue weighted by Crippen LogP contribution is -2.16. The molecule has 1 aliphatic carbocycles. The van der Waals surface area contributed by atoms with Crippen molar-refractivity contribution in [3.63, 3.8) is 0 Å². The average Bonchev–Trinajstić information content (AvgIpc) is 2.81. The zero-order valence-electron chi connectivity index (χ0n) is 12.0. The van der Waals surface area contributed by atoms with Crippen LogP contribution < -0.4 is 10.6 Å². The third-order valence-corrected chi connectivity index (χ3v) is 3.77. The van der Waals surface area contributed by atoms with Gasteiger partial charge in [0, 0.05) is 19.2 Å². The van der Waals surface area contributed by atoms with Crippen molar-refractivity contribution in [2.75, 3.05) is 24.2 Å². The number of rotatable bonds is 5. The molecule has 0 aliphatic heterocycles. The minimum atomic E-state index is -0.116. The molecule has 1 aromatic rings. The summed E-state index contributed by atoms with van der Waals surface area (Å²) >= 11 is 0. The van der Waals surface area contributed by atoms with Gasteiger partial charge >= 0.3 is 0 Å². The molecular formula is C14H24N4O. The van der Waals surface area contributed by atoms with E-state index < -0.39 is 0 Å². The fraction of sp³-hybridized carbons (Fsp3) is 0.714. The second-order valence-corrected chi connectivity index (χ2v) is 5.60. The van der Waals surface area contributed by atoms with Crippen LogP contribution in [0.5, 0.6) is 0 Å². The number of aliphatic hydroxyl groups is 1. The molecule has 0 saturated heterocycles. The van der Waals surface area contributed by atoms with E-state index in [2.05, 4.69) is 34.4 Å². The highest BCUT2D eigenvalue weighted by atomic mass is 16.3. The van der Waals surface area contributed by atoms with Crippen LogP contribution in [0.4, 0.5) is 11.6 Å². The summed E-state index contributed by atoms with van der Waals surface area (Å²) in [5.74, 6) is 2.71. The van der Waals surface area contributed by atoms with E-state index >= 15 is 0 Å². The molecule has 0 radical (unpaired) electrons. The van der Waals surface area contributed by atoms with Gasteiger partial charge in [0.05, 0.1) is 6.10 Å². The number of hydrogen-bond donors (Lipinski definition) is 3. The van der Waals surface area contributed by atoms with E-state index in [-0.39, 0.29) is 6.10 Å². The van der Waals surface area contributed by atoms with E-state index in [0.717, 1.165) is 43.0 Å². The van der Waals surface area contributed by atoms with Gasteiger partial charge in [-0.05, 0) is 31.1 Å². The van der Waals surface area contributed by atoms with Crippen molar-refractivity contribution in [1.29, 1.82) is 0 Å². The van der Waals surface area contributed by atoms with E-state index in [0.29, 0.717) is 11.8 Å². The van der Waals surface area contributed by atoms with Crippen molar-refractivity contribution in [2.24, 2.45) is 5.92 Å². The smallest absolute Gasteiger partial charge is 0.134 e.